The number of carbonyl (C=O) groups is 1. The first-order valence-corrected chi connectivity index (χ1v) is 12.4. The summed E-state index contributed by atoms with van der Waals surface area (Å²) in [6, 6.07) is 8.39. The quantitative estimate of drug-likeness (QED) is 0.426. The normalized spacial score (nSPS) is 21.4. The standard InChI is InChI=1S/C26H25ClFN5O3/c27-20-8-15(3-6-21(20)28)31-26-19-10-23(24(36-17-4-5-17)11-22(19)29-14-30-26)32-25(34)2-1-7-33-12-18-9-16(33)13-35-18/h1-3,6,8,10-11,14,16-18H,4-5,7,9,12-13H2,(H,32,34)(H,29,30,31)/b2-1+/t16-,18-/m1/s1. The molecule has 3 aliphatic rings. The van der Waals surface area contributed by atoms with Gasteiger partial charge in [0.1, 0.15) is 23.7 Å². The van der Waals surface area contributed by atoms with Crippen molar-refractivity contribution in [2.75, 3.05) is 30.3 Å². The van der Waals surface area contributed by atoms with Crippen LogP contribution in [0.25, 0.3) is 10.9 Å². The maximum Gasteiger partial charge on any atom is 0.248 e. The van der Waals surface area contributed by atoms with Crippen LogP contribution >= 0.6 is 11.6 Å². The Morgan fingerprint density at radius 1 is 1.28 bits per heavy atom. The van der Waals surface area contributed by atoms with Gasteiger partial charge in [-0.15, -0.1) is 0 Å². The minimum atomic E-state index is -0.500. The molecule has 3 heterocycles. The summed E-state index contributed by atoms with van der Waals surface area (Å²) in [6.07, 6.45) is 8.38. The number of likely N-dealkylation sites (tertiary alicyclic amines) is 1. The summed E-state index contributed by atoms with van der Waals surface area (Å²) >= 11 is 5.93. The molecule has 8 nitrogen and oxygen atoms in total. The zero-order valence-electron chi connectivity index (χ0n) is 19.4. The van der Waals surface area contributed by atoms with Gasteiger partial charge in [-0.1, -0.05) is 17.7 Å². The molecule has 10 heteroatoms. The van der Waals surface area contributed by atoms with Crippen molar-refractivity contribution >= 4 is 45.6 Å². The number of aromatic nitrogens is 2. The highest BCUT2D eigenvalue weighted by atomic mass is 35.5. The van der Waals surface area contributed by atoms with Gasteiger partial charge in [0, 0.05) is 42.3 Å². The van der Waals surface area contributed by atoms with Gasteiger partial charge in [-0.05, 0) is 43.5 Å². The molecule has 2 saturated heterocycles. The number of carbonyl (C=O) groups excluding carboxylic acids is 1. The van der Waals surface area contributed by atoms with Gasteiger partial charge in [0.05, 0.1) is 35.0 Å². The molecule has 6 rings (SSSR count). The molecule has 2 atom stereocenters. The Labute approximate surface area is 212 Å². The molecule has 0 spiro atoms. The molecule has 1 aliphatic carbocycles. The second-order valence-electron chi connectivity index (χ2n) is 9.35. The SMILES string of the molecule is O=C(/C=C/CN1C[C@H]2C[C@@H]1CO2)Nc1cc2c(Nc3ccc(F)c(Cl)c3)ncnc2cc1OC1CC1. The summed E-state index contributed by atoms with van der Waals surface area (Å²) in [5, 5.41) is 6.80. The second kappa shape index (κ2) is 9.65. The van der Waals surface area contributed by atoms with Crippen LogP contribution in [0.2, 0.25) is 5.02 Å². The van der Waals surface area contributed by atoms with E-state index in [-0.39, 0.29) is 17.0 Å². The monoisotopic (exact) mass is 509 g/mol. The van der Waals surface area contributed by atoms with Crippen LogP contribution in [0, 0.1) is 5.82 Å². The Bertz CT molecular complexity index is 1350. The molecule has 3 aromatic rings. The molecule has 2 aromatic carbocycles. The summed E-state index contributed by atoms with van der Waals surface area (Å²) in [6.45, 7) is 2.39. The third-order valence-electron chi connectivity index (χ3n) is 6.62. The van der Waals surface area contributed by atoms with Crippen LogP contribution in [0.5, 0.6) is 5.75 Å². The molecule has 36 heavy (non-hydrogen) atoms. The van der Waals surface area contributed by atoms with Gasteiger partial charge in [-0.3, -0.25) is 9.69 Å². The van der Waals surface area contributed by atoms with Crippen molar-refractivity contribution < 1.29 is 18.7 Å². The smallest absolute Gasteiger partial charge is 0.248 e. The minimum absolute atomic E-state index is 0.00695. The van der Waals surface area contributed by atoms with Crippen molar-refractivity contribution in [3.05, 3.63) is 59.7 Å². The van der Waals surface area contributed by atoms with Crippen LogP contribution < -0.4 is 15.4 Å². The number of anilines is 3. The molecule has 3 fully saturated rings. The zero-order chi connectivity index (χ0) is 24.6. The first-order chi connectivity index (χ1) is 17.5. The lowest BCUT2D eigenvalue weighted by atomic mass is 10.1. The third-order valence-corrected chi connectivity index (χ3v) is 6.91. The molecule has 186 valence electrons. The molecule has 1 saturated carbocycles. The number of hydrogen-bond donors (Lipinski definition) is 2. The number of amides is 1. The van der Waals surface area contributed by atoms with E-state index in [1.807, 2.05) is 6.08 Å². The summed E-state index contributed by atoms with van der Waals surface area (Å²) in [4.78, 5) is 23.9. The van der Waals surface area contributed by atoms with E-state index >= 15 is 0 Å². The van der Waals surface area contributed by atoms with Gasteiger partial charge >= 0.3 is 0 Å². The fourth-order valence-electron chi connectivity index (χ4n) is 4.63. The van der Waals surface area contributed by atoms with E-state index in [1.54, 1.807) is 24.3 Å². The van der Waals surface area contributed by atoms with E-state index in [4.69, 9.17) is 21.1 Å². The number of nitrogens with zero attached hydrogens (tertiary/aromatic N) is 3. The molecule has 0 radical (unpaired) electrons. The number of benzene rings is 2. The highest BCUT2D eigenvalue weighted by molar-refractivity contribution is 6.31. The topological polar surface area (TPSA) is 88.6 Å². The summed E-state index contributed by atoms with van der Waals surface area (Å²) in [5.74, 6) is 0.320. The van der Waals surface area contributed by atoms with Crippen molar-refractivity contribution in [3.63, 3.8) is 0 Å². The van der Waals surface area contributed by atoms with Crippen LogP contribution in [0.4, 0.5) is 21.6 Å². The van der Waals surface area contributed by atoms with Gasteiger partial charge in [0.25, 0.3) is 0 Å². The molecular weight excluding hydrogens is 485 g/mol. The van der Waals surface area contributed by atoms with Crippen molar-refractivity contribution in [2.24, 2.45) is 0 Å². The number of fused-ring (bicyclic) bond motifs is 3. The first kappa shape index (κ1) is 23.1. The maximum atomic E-state index is 13.6. The van der Waals surface area contributed by atoms with Crippen molar-refractivity contribution in [1.82, 2.24) is 14.9 Å². The summed E-state index contributed by atoms with van der Waals surface area (Å²) in [5.41, 5.74) is 1.76. The molecule has 2 aliphatic heterocycles. The molecule has 1 aromatic heterocycles. The number of rotatable bonds is 8. The Morgan fingerprint density at radius 2 is 2.17 bits per heavy atom. The van der Waals surface area contributed by atoms with E-state index in [9.17, 15) is 9.18 Å². The highest BCUT2D eigenvalue weighted by Crippen LogP contribution is 2.37. The number of hydrogen-bond acceptors (Lipinski definition) is 7. The lowest BCUT2D eigenvalue weighted by Crippen LogP contribution is -2.36. The second-order valence-corrected chi connectivity index (χ2v) is 9.76. The number of nitrogens with one attached hydrogen (secondary N) is 2. The summed E-state index contributed by atoms with van der Waals surface area (Å²) in [7, 11) is 0. The van der Waals surface area contributed by atoms with E-state index in [0.717, 1.165) is 32.4 Å². The predicted octanol–water partition coefficient (Wildman–Crippen LogP) is 4.67. The van der Waals surface area contributed by atoms with Crippen LogP contribution in [0.1, 0.15) is 19.3 Å². The van der Waals surface area contributed by atoms with Gasteiger partial charge in [-0.25, -0.2) is 14.4 Å². The van der Waals surface area contributed by atoms with Gasteiger partial charge in [0.15, 0.2) is 0 Å². The number of halogens is 2. The van der Waals surface area contributed by atoms with Gasteiger partial charge < -0.3 is 20.1 Å². The lowest BCUT2D eigenvalue weighted by Gasteiger charge is -2.24. The van der Waals surface area contributed by atoms with E-state index in [0.29, 0.717) is 52.5 Å². The van der Waals surface area contributed by atoms with Gasteiger partial charge in [0.2, 0.25) is 5.91 Å². The van der Waals surface area contributed by atoms with E-state index < -0.39 is 5.82 Å². The molecule has 2 bridgehead atoms. The number of morpholine rings is 1. The molecular formula is C26H25ClFN5O3. The molecule has 1 amide bonds. The molecule has 2 N–H and O–H groups in total. The maximum absolute atomic E-state index is 13.6. The fourth-order valence-corrected chi connectivity index (χ4v) is 4.81. The van der Waals surface area contributed by atoms with E-state index in [1.165, 1.54) is 18.5 Å². The average Bonchev–Trinajstić information content (AvgIpc) is 3.42. The number of ether oxygens (including phenoxy) is 2. The van der Waals surface area contributed by atoms with Crippen molar-refractivity contribution in [3.8, 4) is 5.75 Å². The lowest BCUT2D eigenvalue weighted by molar-refractivity contribution is -0.111. The highest BCUT2D eigenvalue weighted by Gasteiger charge is 2.38. The Balaban J connectivity index is 1.23. The van der Waals surface area contributed by atoms with E-state index in [2.05, 4.69) is 25.5 Å². The Kier molecular flexibility index (Phi) is 6.20. The van der Waals surface area contributed by atoms with Crippen LogP contribution in [-0.4, -0.2) is 58.7 Å². The van der Waals surface area contributed by atoms with Crippen LogP contribution in [-0.2, 0) is 9.53 Å². The largest absolute Gasteiger partial charge is 0.488 e. The van der Waals surface area contributed by atoms with Crippen LogP contribution in [0.15, 0.2) is 48.8 Å². The predicted molar refractivity (Wildman–Crippen MR) is 135 cm³/mol. The molecule has 0 unspecified atom stereocenters. The zero-order valence-corrected chi connectivity index (χ0v) is 20.2. The van der Waals surface area contributed by atoms with Crippen molar-refractivity contribution in [1.29, 1.82) is 0 Å². The third kappa shape index (κ3) is 5.00. The average molecular weight is 510 g/mol. The Morgan fingerprint density at radius 3 is 2.92 bits per heavy atom. The van der Waals surface area contributed by atoms with Crippen molar-refractivity contribution in [2.45, 2.75) is 37.5 Å². The first-order valence-electron chi connectivity index (χ1n) is 12.0. The minimum Gasteiger partial charge on any atom is -0.488 e. The van der Waals surface area contributed by atoms with Crippen LogP contribution in [0.3, 0.4) is 0 Å². The summed E-state index contributed by atoms with van der Waals surface area (Å²) < 4.78 is 25.3. The van der Waals surface area contributed by atoms with Gasteiger partial charge in [-0.2, -0.15) is 0 Å². The Hall–Kier alpha value is -3.27. The fraction of sp³-hybridized carbons (Fsp3) is 0.346.